The van der Waals surface area contributed by atoms with Crippen LogP contribution in [0.3, 0.4) is 0 Å². The number of hydrogen-bond acceptors (Lipinski definition) is 3. The molecule has 2 aromatic carbocycles. The highest BCUT2D eigenvalue weighted by atomic mass is 35.5. The van der Waals surface area contributed by atoms with Crippen molar-refractivity contribution in [3.8, 4) is 0 Å². The molecule has 4 nitrogen and oxygen atoms in total. The summed E-state index contributed by atoms with van der Waals surface area (Å²) in [6, 6.07) is 15.4. The summed E-state index contributed by atoms with van der Waals surface area (Å²) in [4.78, 5) is 16.8. The summed E-state index contributed by atoms with van der Waals surface area (Å²) in [7, 11) is 0. The second-order valence-corrected chi connectivity index (χ2v) is 6.54. The number of carbonyl (C=O) groups excluding carboxylic acids is 1. The van der Waals surface area contributed by atoms with Gasteiger partial charge in [-0.1, -0.05) is 48.0 Å². The summed E-state index contributed by atoms with van der Waals surface area (Å²) >= 11 is 6.17. The van der Waals surface area contributed by atoms with Gasteiger partial charge in [0.2, 0.25) is 0 Å². The van der Waals surface area contributed by atoms with Crippen LogP contribution in [0, 0.1) is 13.8 Å². The van der Waals surface area contributed by atoms with E-state index in [2.05, 4.69) is 15.6 Å². The Morgan fingerprint density at radius 2 is 1.77 bits per heavy atom. The molecule has 0 aliphatic heterocycles. The number of pyridine rings is 1. The maximum Gasteiger partial charge on any atom is 0.257 e. The fourth-order valence-corrected chi connectivity index (χ4v) is 2.90. The van der Waals surface area contributed by atoms with Gasteiger partial charge in [0.05, 0.1) is 11.3 Å². The van der Waals surface area contributed by atoms with Crippen LogP contribution in [0.5, 0.6) is 0 Å². The molecule has 1 amide bonds. The van der Waals surface area contributed by atoms with Gasteiger partial charge in [-0.25, -0.2) is 0 Å². The van der Waals surface area contributed by atoms with Gasteiger partial charge in [0.1, 0.15) is 0 Å². The molecule has 3 rings (SSSR count). The van der Waals surface area contributed by atoms with Gasteiger partial charge in [-0.15, -0.1) is 0 Å². The zero-order chi connectivity index (χ0) is 18.5. The van der Waals surface area contributed by atoms with E-state index in [1.165, 1.54) is 0 Å². The average Bonchev–Trinajstić information content (AvgIpc) is 2.64. The van der Waals surface area contributed by atoms with Gasteiger partial charge < -0.3 is 10.6 Å². The molecule has 2 N–H and O–H groups in total. The second-order valence-electron chi connectivity index (χ2n) is 6.13. The Balaban J connectivity index is 1.72. The van der Waals surface area contributed by atoms with Gasteiger partial charge in [-0.3, -0.25) is 9.78 Å². The minimum absolute atomic E-state index is 0.184. The first-order valence-electron chi connectivity index (χ1n) is 8.34. The van der Waals surface area contributed by atoms with Crippen molar-refractivity contribution in [3.63, 3.8) is 0 Å². The molecule has 0 spiro atoms. The standard InChI is InChI=1S/C21H20ClN3O/c1-14-6-5-7-15(2)20(14)25-21(26)17-10-18(13-23-11-17)24-12-16-8-3-4-9-19(16)22/h3-11,13,24H,12H2,1-2H3,(H,25,26). The molecule has 0 atom stereocenters. The van der Waals surface area contributed by atoms with Crippen LogP contribution >= 0.6 is 11.6 Å². The Morgan fingerprint density at radius 1 is 1.04 bits per heavy atom. The number of nitrogens with one attached hydrogen (secondary N) is 2. The van der Waals surface area contributed by atoms with E-state index in [1.54, 1.807) is 18.5 Å². The first kappa shape index (κ1) is 18.0. The number of para-hydroxylation sites is 1. The lowest BCUT2D eigenvalue weighted by Crippen LogP contribution is -2.14. The lowest BCUT2D eigenvalue weighted by Gasteiger charge is -2.12. The molecule has 1 aromatic heterocycles. The smallest absolute Gasteiger partial charge is 0.257 e. The average molecular weight is 366 g/mol. The van der Waals surface area contributed by atoms with Crippen LogP contribution in [0.15, 0.2) is 60.9 Å². The maximum atomic E-state index is 12.6. The van der Waals surface area contributed by atoms with Gasteiger partial charge in [0.15, 0.2) is 0 Å². The van der Waals surface area contributed by atoms with Crippen LogP contribution in [0.4, 0.5) is 11.4 Å². The highest BCUT2D eigenvalue weighted by Crippen LogP contribution is 2.21. The number of aryl methyl sites for hydroxylation is 2. The first-order valence-corrected chi connectivity index (χ1v) is 8.72. The monoisotopic (exact) mass is 365 g/mol. The number of amides is 1. The van der Waals surface area contributed by atoms with Crippen molar-refractivity contribution in [2.75, 3.05) is 10.6 Å². The fraction of sp³-hybridized carbons (Fsp3) is 0.143. The largest absolute Gasteiger partial charge is 0.380 e. The van der Waals surface area contributed by atoms with E-state index in [9.17, 15) is 4.79 Å². The molecule has 0 radical (unpaired) electrons. The predicted octanol–water partition coefficient (Wildman–Crippen LogP) is 5.22. The van der Waals surface area contributed by atoms with Gasteiger partial charge >= 0.3 is 0 Å². The molecular weight excluding hydrogens is 346 g/mol. The lowest BCUT2D eigenvalue weighted by molar-refractivity contribution is 0.102. The molecule has 1 heterocycles. The zero-order valence-electron chi connectivity index (χ0n) is 14.7. The molecule has 0 aliphatic rings. The van der Waals surface area contributed by atoms with Crippen molar-refractivity contribution in [1.29, 1.82) is 0 Å². The normalized spacial score (nSPS) is 10.4. The van der Waals surface area contributed by atoms with Crippen molar-refractivity contribution < 1.29 is 4.79 Å². The Kier molecular flexibility index (Phi) is 5.54. The van der Waals surface area contributed by atoms with Gasteiger partial charge in [0.25, 0.3) is 5.91 Å². The van der Waals surface area contributed by atoms with E-state index in [-0.39, 0.29) is 5.91 Å². The summed E-state index contributed by atoms with van der Waals surface area (Å²) in [5.74, 6) is -0.184. The van der Waals surface area contributed by atoms with Crippen molar-refractivity contribution in [2.45, 2.75) is 20.4 Å². The molecule has 0 saturated carbocycles. The summed E-state index contributed by atoms with van der Waals surface area (Å²) in [5, 5.41) is 6.94. The van der Waals surface area contributed by atoms with E-state index in [0.29, 0.717) is 17.1 Å². The summed E-state index contributed by atoms with van der Waals surface area (Å²) in [6.45, 7) is 4.51. The molecule has 0 unspecified atom stereocenters. The van der Waals surface area contributed by atoms with E-state index in [4.69, 9.17) is 11.6 Å². The van der Waals surface area contributed by atoms with Gasteiger partial charge in [-0.05, 0) is 42.7 Å². The van der Waals surface area contributed by atoms with Gasteiger partial charge in [-0.2, -0.15) is 0 Å². The minimum atomic E-state index is -0.184. The molecule has 5 heteroatoms. The lowest BCUT2D eigenvalue weighted by atomic mass is 10.1. The van der Waals surface area contributed by atoms with Crippen molar-refractivity contribution in [3.05, 3.63) is 88.2 Å². The van der Waals surface area contributed by atoms with Crippen LogP contribution in [-0.4, -0.2) is 10.9 Å². The van der Waals surface area contributed by atoms with Crippen LogP contribution < -0.4 is 10.6 Å². The molecule has 0 bridgehead atoms. The quantitative estimate of drug-likeness (QED) is 0.652. The number of anilines is 2. The molecule has 132 valence electrons. The van der Waals surface area contributed by atoms with Crippen LogP contribution in [0.1, 0.15) is 27.0 Å². The zero-order valence-corrected chi connectivity index (χ0v) is 15.5. The maximum absolute atomic E-state index is 12.6. The number of halogens is 1. The number of carbonyl (C=O) groups is 1. The Hall–Kier alpha value is -2.85. The fourth-order valence-electron chi connectivity index (χ4n) is 2.70. The van der Waals surface area contributed by atoms with E-state index in [1.807, 2.05) is 56.3 Å². The number of hydrogen-bond donors (Lipinski definition) is 2. The summed E-state index contributed by atoms with van der Waals surface area (Å²) in [6.07, 6.45) is 3.25. The third-order valence-corrected chi connectivity index (χ3v) is 4.53. The number of nitrogens with zero attached hydrogens (tertiary/aromatic N) is 1. The second kappa shape index (κ2) is 8.02. The third kappa shape index (κ3) is 4.21. The molecular formula is C21H20ClN3O. The third-order valence-electron chi connectivity index (χ3n) is 4.16. The number of rotatable bonds is 5. The Labute approximate surface area is 158 Å². The number of benzene rings is 2. The Bertz CT molecular complexity index is 920. The molecule has 0 aliphatic carbocycles. The topological polar surface area (TPSA) is 54.0 Å². The van der Waals surface area contributed by atoms with E-state index in [0.717, 1.165) is 28.1 Å². The highest BCUT2D eigenvalue weighted by molar-refractivity contribution is 6.31. The van der Waals surface area contributed by atoms with Crippen molar-refractivity contribution >= 4 is 28.9 Å². The first-order chi connectivity index (χ1) is 12.5. The SMILES string of the molecule is Cc1cccc(C)c1NC(=O)c1cncc(NCc2ccccc2Cl)c1. The minimum Gasteiger partial charge on any atom is -0.380 e. The Morgan fingerprint density at radius 3 is 2.50 bits per heavy atom. The predicted molar refractivity (Wildman–Crippen MR) is 107 cm³/mol. The highest BCUT2D eigenvalue weighted by Gasteiger charge is 2.11. The van der Waals surface area contributed by atoms with Crippen molar-refractivity contribution in [1.82, 2.24) is 4.98 Å². The van der Waals surface area contributed by atoms with E-state index < -0.39 is 0 Å². The molecule has 3 aromatic rings. The van der Waals surface area contributed by atoms with E-state index >= 15 is 0 Å². The summed E-state index contributed by atoms with van der Waals surface area (Å²) in [5.41, 5.74) is 5.14. The molecule has 26 heavy (non-hydrogen) atoms. The van der Waals surface area contributed by atoms with Gasteiger partial charge in [0, 0.05) is 29.6 Å². The molecule has 0 fully saturated rings. The molecule has 0 saturated heterocycles. The summed E-state index contributed by atoms with van der Waals surface area (Å²) < 4.78 is 0. The van der Waals surface area contributed by atoms with Crippen molar-refractivity contribution in [2.24, 2.45) is 0 Å². The number of aromatic nitrogens is 1. The van der Waals surface area contributed by atoms with Crippen LogP contribution in [0.2, 0.25) is 5.02 Å². The van der Waals surface area contributed by atoms with Crippen LogP contribution in [0.25, 0.3) is 0 Å². The van der Waals surface area contributed by atoms with Crippen LogP contribution in [-0.2, 0) is 6.54 Å².